The van der Waals surface area contributed by atoms with Crippen LogP contribution in [0.2, 0.25) is 0 Å². The van der Waals surface area contributed by atoms with Crippen molar-refractivity contribution >= 4 is 27.3 Å². The van der Waals surface area contributed by atoms with E-state index in [-0.39, 0.29) is 4.87 Å². The zero-order valence-electron chi connectivity index (χ0n) is 6.57. The Kier molecular flexibility index (Phi) is 2.37. The quantitative estimate of drug-likeness (QED) is 0.830. The molecule has 0 atom stereocenters. The van der Waals surface area contributed by atoms with Crippen molar-refractivity contribution in [2.24, 2.45) is 0 Å². The summed E-state index contributed by atoms with van der Waals surface area (Å²) in [6, 6.07) is 3.65. The Morgan fingerprint density at radius 1 is 1.54 bits per heavy atom. The van der Waals surface area contributed by atoms with E-state index in [1.165, 1.54) is 11.3 Å². The van der Waals surface area contributed by atoms with Gasteiger partial charge in [0.15, 0.2) is 4.67 Å². The van der Waals surface area contributed by atoms with Crippen molar-refractivity contribution in [3.05, 3.63) is 43.8 Å². The molecule has 0 saturated carbocycles. The molecule has 0 N–H and O–H groups in total. The Morgan fingerprint density at radius 2 is 2.38 bits per heavy atom. The van der Waals surface area contributed by atoms with Gasteiger partial charge in [0.05, 0.1) is 6.54 Å². The minimum Gasteiger partial charge on any atom is -0.452 e. The fourth-order valence-electron chi connectivity index (χ4n) is 1.01. The summed E-state index contributed by atoms with van der Waals surface area (Å²) in [5.41, 5.74) is 0. The first kappa shape index (κ1) is 8.77. The van der Waals surface area contributed by atoms with Crippen molar-refractivity contribution in [3.63, 3.8) is 0 Å². The SMILES string of the molecule is O=c1sccn1Cc1ccc(Br)o1. The summed E-state index contributed by atoms with van der Waals surface area (Å²) in [6.07, 6.45) is 1.75. The molecule has 3 nitrogen and oxygen atoms in total. The van der Waals surface area contributed by atoms with Crippen LogP contribution in [0.3, 0.4) is 0 Å². The lowest BCUT2D eigenvalue weighted by molar-refractivity contribution is 0.472. The third-order valence-electron chi connectivity index (χ3n) is 1.60. The highest BCUT2D eigenvalue weighted by Gasteiger charge is 2.02. The fourth-order valence-corrected chi connectivity index (χ4v) is 1.94. The molecule has 0 bridgehead atoms. The topological polar surface area (TPSA) is 35.1 Å². The average molecular weight is 260 g/mol. The molecule has 0 fully saturated rings. The second kappa shape index (κ2) is 3.51. The van der Waals surface area contributed by atoms with Gasteiger partial charge in [0.1, 0.15) is 5.76 Å². The molecular weight excluding hydrogens is 254 g/mol. The molecule has 2 aromatic rings. The summed E-state index contributed by atoms with van der Waals surface area (Å²) in [5, 5.41) is 1.76. The van der Waals surface area contributed by atoms with Gasteiger partial charge in [-0.25, -0.2) is 0 Å². The molecule has 5 heteroatoms. The van der Waals surface area contributed by atoms with E-state index >= 15 is 0 Å². The fraction of sp³-hybridized carbons (Fsp3) is 0.125. The molecule has 0 aromatic carbocycles. The Balaban J connectivity index is 2.24. The molecule has 68 valence electrons. The molecule has 2 rings (SSSR count). The lowest BCUT2D eigenvalue weighted by Gasteiger charge is -1.95. The highest BCUT2D eigenvalue weighted by molar-refractivity contribution is 9.10. The lowest BCUT2D eigenvalue weighted by atomic mass is 10.4. The standard InChI is InChI=1S/C8H6BrNO2S/c9-7-2-1-6(12-7)5-10-3-4-13-8(10)11/h1-4H,5H2. The van der Waals surface area contributed by atoms with E-state index in [4.69, 9.17) is 4.42 Å². The van der Waals surface area contributed by atoms with Crippen LogP contribution in [0.25, 0.3) is 0 Å². The Labute approximate surface area is 86.7 Å². The van der Waals surface area contributed by atoms with Gasteiger partial charge in [-0.3, -0.25) is 9.36 Å². The molecule has 0 saturated heterocycles. The molecule has 0 amide bonds. The largest absolute Gasteiger partial charge is 0.452 e. The molecule has 0 aliphatic heterocycles. The third-order valence-corrected chi connectivity index (χ3v) is 2.72. The molecule has 0 radical (unpaired) electrons. The molecule has 0 aliphatic rings. The number of halogens is 1. The second-order valence-electron chi connectivity index (χ2n) is 2.50. The van der Waals surface area contributed by atoms with Gasteiger partial charge in [0.2, 0.25) is 0 Å². The van der Waals surface area contributed by atoms with Crippen molar-refractivity contribution in [3.8, 4) is 0 Å². The maximum absolute atomic E-state index is 11.2. The maximum atomic E-state index is 11.2. The number of thiazole rings is 1. The van der Waals surface area contributed by atoms with E-state index in [0.717, 1.165) is 5.76 Å². The average Bonchev–Trinajstić information content (AvgIpc) is 2.64. The number of aromatic nitrogens is 1. The van der Waals surface area contributed by atoms with Crippen LogP contribution in [0, 0.1) is 0 Å². The Hall–Kier alpha value is -0.810. The van der Waals surface area contributed by atoms with Crippen LogP contribution in [0.4, 0.5) is 0 Å². The van der Waals surface area contributed by atoms with Gasteiger partial charge in [-0.1, -0.05) is 11.3 Å². The van der Waals surface area contributed by atoms with Gasteiger partial charge in [0.25, 0.3) is 0 Å². The molecule has 0 spiro atoms. The van der Waals surface area contributed by atoms with E-state index < -0.39 is 0 Å². The summed E-state index contributed by atoms with van der Waals surface area (Å²) in [4.78, 5) is 11.2. The normalized spacial score (nSPS) is 10.5. The molecule has 0 unspecified atom stereocenters. The first-order valence-electron chi connectivity index (χ1n) is 3.64. The van der Waals surface area contributed by atoms with Crippen molar-refractivity contribution in [2.45, 2.75) is 6.54 Å². The van der Waals surface area contributed by atoms with E-state index in [2.05, 4.69) is 15.9 Å². The minimum absolute atomic E-state index is 0.0347. The van der Waals surface area contributed by atoms with Crippen molar-refractivity contribution in [2.75, 3.05) is 0 Å². The summed E-state index contributed by atoms with van der Waals surface area (Å²) < 4.78 is 7.57. The van der Waals surface area contributed by atoms with Gasteiger partial charge < -0.3 is 4.42 Å². The predicted octanol–water partition coefficient (Wildman–Crippen LogP) is 2.31. The first-order valence-corrected chi connectivity index (χ1v) is 5.31. The zero-order valence-corrected chi connectivity index (χ0v) is 8.97. The van der Waals surface area contributed by atoms with E-state index in [0.29, 0.717) is 11.2 Å². The summed E-state index contributed by atoms with van der Waals surface area (Å²) in [6.45, 7) is 0.494. The summed E-state index contributed by atoms with van der Waals surface area (Å²) >= 11 is 4.39. The van der Waals surface area contributed by atoms with Gasteiger partial charge in [-0.15, -0.1) is 0 Å². The smallest absolute Gasteiger partial charge is 0.307 e. The number of nitrogens with zero attached hydrogens (tertiary/aromatic N) is 1. The van der Waals surface area contributed by atoms with Crippen LogP contribution in [-0.4, -0.2) is 4.57 Å². The highest BCUT2D eigenvalue weighted by atomic mass is 79.9. The highest BCUT2D eigenvalue weighted by Crippen LogP contribution is 2.14. The molecule has 13 heavy (non-hydrogen) atoms. The second-order valence-corrected chi connectivity index (χ2v) is 4.14. The molecular formula is C8H6BrNO2S. The van der Waals surface area contributed by atoms with Crippen LogP contribution in [0.5, 0.6) is 0 Å². The maximum Gasteiger partial charge on any atom is 0.307 e. The lowest BCUT2D eigenvalue weighted by Crippen LogP contribution is -2.11. The van der Waals surface area contributed by atoms with Crippen molar-refractivity contribution < 1.29 is 4.42 Å². The summed E-state index contributed by atoms with van der Waals surface area (Å²) in [7, 11) is 0. The third kappa shape index (κ3) is 1.92. The van der Waals surface area contributed by atoms with Crippen molar-refractivity contribution in [1.29, 1.82) is 0 Å². The van der Waals surface area contributed by atoms with Crippen LogP contribution >= 0.6 is 27.3 Å². The van der Waals surface area contributed by atoms with Crippen molar-refractivity contribution in [1.82, 2.24) is 4.57 Å². The first-order chi connectivity index (χ1) is 6.25. The van der Waals surface area contributed by atoms with Crippen LogP contribution in [0.15, 0.2) is 37.6 Å². The minimum atomic E-state index is 0.0347. The van der Waals surface area contributed by atoms with Crippen LogP contribution in [-0.2, 0) is 6.54 Å². The number of hydrogen-bond donors (Lipinski definition) is 0. The molecule has 2 aromatic heterocycles. The van der Waals surface area contributed by atoms with E-state index in [9.17, 15) is 4.79 Å². The van der Waals surface area contributed by atoms with Crippen LogP contribution < -0.4 is 4.87 Å². The number of rotatable bonds is 2. The van der Waals surface area contributed by atoms with Gasteiger partial charge in [-0.2, -0.15) is 0 Å². The van der Waals surface area contributed by atoms with Crippen LogP contribution in [0.1, 0.15) is 5.76 Å². The molecule has 0 aliphatic carbocycles. The van der Waals surface area contributed by atoms with Gasteiger partial charge >= 0.3 is 4.87 Å². The monoisotopic (exact) mass is 259 g/mol. The van der Waals surface area contributed by atoms with E-state index in [1.807, 2.05) is 12.1 Å². The Morgan fingerprint density at radius 3 is 2.92 bits per heavy atom. The molecule has 2 heterocycles. The Bertz CT molecular complexity index is 456. The van der Waals surface area contributed by atoms with Gasteiger partial charge in [-0.05, 0) is 28.1 Å². The predicted molar refractivity (Wildman–Crippen MR) is 54.1 cm³/mol. The number of hydrogen-bond acceptors (Lipinski definition) is 3. The number of furan rings is 1. The summed E-state index contributed by atoms with van der Waals surface area (Å²) in [5.74, 6) is 0.771. The van der Waals surface area contributed by atoms with Gasteiger partial charge in [0, 0.05) is 11.6 Å². The van der Waals surface area contributed by atoms with E-state index in [1.54, 1.807) is 16.1 Å². The zero-order chi connectivity index (χ0) is 9.26.